The Morgan fingerprint density at radius 1 is 0.905 bits per heavy atom. The van der Waals surface area contributed by atoms with Gasteiger partial charge in [-0.2, -0.15) is 0 Å². The van der Waals surface area contributed by atoms with E-state index in [1.807, 2.05) is 30.3 Å². The van der Waals surface area contributed by atoms with Gasteiger partial charge in [0.2, 0.25) is 0 Å². The highest BCUT2D eigenvalue weighted by atomic mass is 16.7. The smallest absolute Gasteiger partial charge is 0.399 e. The van der Waals surface area contributed by atoms with Crippen molar-refractivity contribution in [3.8, 4) is 0 Å². The first-order chi connectivity index (χ1) is 9.82. The molecule has 1 saturated heterocycles. The molecule has 0 atom stereocenters. The first-order valence-electron chi connectivity index (χ1n) is 7.09. The molecule has 0 spiro atoms. The van der Waals surface area contributed by atoms with Crippen LogP contribution >= 0.6 is 0 Å². The van der Waals surface area contributed by atoms with Crippen LogP contribution in [0, 0.1) is 6.57 Å². The van der Waals surface area contributed by atoms with Crippen LogP contribution in [0.3, 0.4) is 0 Å². The maximum Gasteiger partial charge on any atom is 0.494 e. The Labute approximate surface area is 125 Å². The van der Waals surface area contributed by atoms with E-state index < -0.39 is 0 Å². The molecule has 0 N–H and O–H groups in total. The van der Waals surface area contributed by atoms with Crippen molar-refractivity contribution in [3.63, 3.8) is 0 Å². The molecule has 3 rings (SSSR count). The van der Waals surface area contributed by atoms with Gasteiger partial charge in [0.05, 0.1) is 17.8 Å². The second kappa shape index (κ2) is 4.59. The molecule has 0 saturated carbocycles. The molecule has 1 fully saturated rings. The monoisotopic (exact) mass is 279 g/mol. The van der Waals surface area contributed by atoms with Crippen LogP contribution in [0.1, 0.15) is 27.7 Å². The average molecular weight is 279 g/mol. The number of nitrogens with zero attached hydrogens (tertiary/aromatic N) is 1. The predicted molar refractivity (Wildman–Crippen MR) is 85.9 cm³/mol. The lowest BCUT2D eigenvalue weighted by Gasteiger charge is -2.32. The molecular weight excluding hydrogens is 261 g/mol. The van der Waals surface area contributed by atoms with Crippen LogP contribution < -0.4 is 5.46 Å². The van der Waals surface area contributed by atoms with Gasteiger partial charge in [0, 0.05) is 0 Å². The molecule has 0 aliphatic carbocycles. The summed E-state index contributed by atoms with van der Waals surface area (Å²) < 4.78 is 12.1. The van der Waals surface area contributed by atoms with E-state index in [0.29, 0.717) is 5.69 Å². The van der Waals surface area contributed by atoms with Crippen LogP contribution in [0.15, 0.2) is 36.4 Å². The molecule has 0 amide bonds. The molecule has 4 heteroatoms. The van der Waals surface area contributed by atoms with Gasteiger partial charge in [-0.05, 0) is 50.0 Å². The second-order valence-electron chi connectivity index (χ2n) is 6.49. The quantitative estimate of drug-likeness (QED) is 0.587. The summed E-state index contributed by atoms with van der Waals surface area (Å²) in [6.07, 6.45) is 0. The number of benzene rings is 2. The van der Waals surface area contributed by atoms with Crippen molar-refractivity contribution < 1.29 is 9.31 Å². The molecule has 1 aliphatic heterocycles. The lowest BCUT2D eigenvalue weighted by molar-refractivity contribution is 0.00578. The summed E-state index contributed by atoms with van der Waals surface area (Å²) in [6.45, 7) is 15.3. The van der Waals surface area contributed by atoms with Gasteiger partial charge in [-0.15, -0.1) is 0 Å². The van der Waals surface area contributed by atoms with Gasteiger partial charge in [0.25, 0.3) is 0 Å². The minimum atomic E-state index is -0.347. The van der Waals surface area contributed by atoms with Gasteiger partial charge in [0.15, 0.2) is 5.69 Å². The van der Waals surface area contributed by atoms with Gasteiger partial charge in [-0.25, -0.2) is 4.85 Å². The molecule has 1 aliphatic rings. The van der Waals surface area contributed by atoms with Crippen molar-refractivity contribution in [3.05, 3.63) is 47.8 Å². The Hall–Kier alpha value is -1.83. The van der Waals surface area contributed by atoms with Gasteiger partial charge < -0.3 is 9.31 Å². The SMILES string of the molecule is [C-]#[N+]c1ccc2cc(B3OC(C)(C)C(C)(C)O3)ccc2c1. The van der Waals surface area contributed by atoms with E-state index in [1.54, 1.807) is 0 Å². The van der Waals surface area contributed by atoms with Crippen LogP contribution in [0.25, 0.3) is 15.6 Å². The fourth-order valence-corrected chi connectivity index (χ4v) is 2.45. The van der Waals surface area contributed by atoms with Crippen LogP contribution in [0.5, 0.6) is 0 Å². The number of rotatable bonds is 1. The molecule has 2 aromatic rings. The van der Waals surface area contributed by atoms with Crippen molar-refractivity contribution in [2.75, 3.05) is 0 Å². The summed E-state index contributed by atoms with van der Waals surface area (Å²) >= 11 is 0. The molecule has 106 valence electrons. The third-order valence-electron chi connectivity index (χ3n) is 4.50. The van der Waals surface area contributed by atoms with E-state index in [4.69, 9.17) is 15.9 Å². The number of hydrogen-bond acceptors (Lipinski definition) is 2. The number of hydrogen-bond donors (Lipinski definition) is 0. The summed E-state index contributed by atoms with van der Waals surface area (Å²) in [5.41, 5.74) is 1.00. The number of fused-ring (bicyclic) bond motifs is 1. The molecular formula is C17H18BNO2. The Bertz CT molecular complexity index is 730. The Morgan fingerprint density at radius 3 is 2.10 bits per heavy atom. The van der Waals surface area contributed by atoms with Gasteiger partial charge in [0.1, 0.15) is 0 Å². The second-order valence-corrected chi connectivity index (χ2v) is 6.49. The van der Waals surface area contributed by atoms with Crippen LogP contribution in [-0.2, 0) is 9.31 Å². The Kier molecular flexibility index (Phi) is 3.09. The topological polar surface area (TPSA) is 22.8 Å². The molecule has 0 aromatic heterocycles. The van der Waals surface area contributed by atoms with Crippen LogP contribution in [-0.4, -0.2) is 18.3 Å². The minimum absolute atomic E-state index is 0.333. The molecule has 0 radical (unpaired) electrons. The lowest BCUT2D eigenvalue weighted by atomic mass is 9.78. The van der Waals surface area contributed by atoms with Crippen molar-refractivity contribution in [2.45, 2.75) is 38.9 Å². The largest absolute Gasteiger partial charge is 0.494 e. The van der Waals surface area contributed by atoms with Crippen molar-refractivity contribution in [1.82, 2.24) is 0 Å². The third kappa shape index (κ3) is 2.33. The minimum Gasteiger partial charge on any atom is -0.399 e. The Balaban J connectivity index is 1.98. The zero-order valence-corrected chi connectivity index (χ0v) is 12.8. The van der Waals surface area contributed by atoms with Gasteiger partial charge in [-0.1, -0.05) is 30.3 Å². The molecule has 3 nitrogen and oxygen atoms in total. The maximum atomic E-state index is 7.07. The van der Waals surface area contributed by atoms with E-state index in [9.17, 15) is 0 Å². The standard InChI is InChI=1S/C17H18BNO2/c1-16(2)17(3,4)21-18(20-16)14-8-6-13-11-15(19-5)9-7-12(13)10-14/h6-11H,1-4H3. The first-order valence-corrected chi connectivity index (χ1v) is 7.09. The van der Waals surface area contributed by atoms with E-state index in [-0.39, 0.29) is 18.3 Å². The third-order valence-corrected chi connectivity index (χ3v) is 4.50. The lowest BCUT2D eigenvalue weighted by Crippen LogP contribution is -2.41. The van der Waals surface area contributed by atoms with Crippen molar-refractivity contribution >= 4 is 29.0 Å². The highest BCUT2D eigenvalue weighted by molar-refractivity contribution is 6.62. The highest BCUT2D eigenvalue weighted by Crippen LogP contribution is 2.36. The first kappa shape index (κ1) is 14.1. The highest BCUT2D eigenvalue weighted by Gasteiger charge is 2.51. The summed E-state index contributed by atoms with van der Waals surface area (Å²) in [5, 5.41) is 2.15. The molecule has 1 heterocycles. The van der Waals surface area contributed by atoms with Crippen LogP contribution in [0.4, 0.5) is 5.69 Å². The summed E-state index contributed by atoms with van der Waals surface area (Å²) in [5.74, 6) is 0. The molecule has 0 bridgehead atoms. The van der Waals surface area contributed by atoms with Crippen LogP contribution in [0.2, 0.25) is 0 Å². The Morgan fingerprint density at radius 2 is 1.48 bits per heavy atom. The van der Waals surface area contributed by atoms with E-state index in [1.165, 1.54) is 0 Å². The van der Waals surface area contributed by atoms with E-state index in [2.05, 4.69) is 38.6 Å². The molecule has 21 heavy (non-hydrogen) atoms. The fraction of sp³-hybridized carbons (Fsp3) is 0.353. The average Bonchev–Trinajstić information content (AvgIpc) is 2.66. The predicted octanol–water partition coefficient (Wildman–Crippen LogP) is 3.69. The maximum absolute atomic E-state index is 7.07. The molecule has 2 aromatic carbocycles. The van der Waals surface area contributed by atoms with Crippen molar-refractivity contribution in [1.29, 1.82) is 0 Å². The summed E-state index contributed by atoms with van der Waals surface area (Å²) in [7, 11) is -0.347. The molecule has 0 unspecified atom stereocenters. The summed E-state index contributed by atoms with van der Waals surface area (Å²) in [6, 6.07) is 11.8. The van der Waals surface area contributed by atoms with Gasteiger partial charge in [-0.3, -0.25) is 0 Å². The van der Waals surface area contributed by atoms with Crippen molar-refractivity contribution in [2.24, 2.45) is 0 Å². The fourth-order valence-electron chi connectivity index (χ4n) is 2.45. The zero-order valence-electron chi connectivity index (χ0n) is 12.8. The van der Waals surface area contributed by atoms with E-state index in [0.717, 1.165) is 16.2 Å². The summed E-state index contributed by atoms with van der Waals surface area (Å²) in [4.78, 5) is 3.46. The normalized spacial score (nSPS) is 19.7. The zero-order chi connectivity index (χ0) is 15.3. The van der Waals surface area contributed by atoms with Gasteiger partial charge >= 0.3 is 7.12 Å². The van der Waals surface area contributed by atoms with E-state index >= 15 is 0 Å².